The van der Waals surface area contributed by atoms with E-state index >= 15 is 0 Å². The highest BCUT2D eigenvalue weighted by Crippen LogP contribution is 2.07. The fourth-order valence-electron chi connectivity index (χ4n) is 1.84. The van der Waals surface area contributed by atoms with Gasteiger partial charge in [-0.15, -0.1) is 13.2 Å². The van der Waals surface area contributed by atoms with Gasteiger partial charge >= 0.3 is 0 Å². The monoisotopic (exact) mass is 454 g/mol. The van der Waals surface area contributed by atoms with Crippen LogP contribution in [-0.4, -0.2) is 0 Å². The van der Waals surface area contributed by atoms with Gasteiger partial charge in [0, 0.05) is 0 Å². The van der Waals surface area contributed by atoms with E-state index in [0.717, 1.165) is 0 Å². The Balaban J connectivity index is 0. The molecule has 1 atom stereocenters. The largest absolute Gasteiger partial charge is 0.103 e. The van der Waals surface area contributed by atoms with Gasteiger partial charge in [-0.05, 0) is 28.5 Å². The van der Waals surface area contributed by atoms with Crippen molar-refractivity contribution in [3.8, 4) is 0 Å². The first kappa shape index (κ1) is 29.1. The number of benzene rings is 2. The summed E-state index contributed by atoms with van der Waals surface area (Å²) in [5.74, 6) is 0.699. The molecule has 0 spiro atoms. The molecule has 0 aromatic heterocycles. The van der Waals surface area contributed by atoms with Crippen LogP contribution in [0.4, 0.5) is 0 Å². The first-order chi connectivity index (χ1) is 14.1. The molecule has 158 valence electrons. The van der Waals surface area contributed by atoms with Crippen molar-refractivity contribution >= 4 is 28.1 Å². The number of rotatable bonds is 7. The molecule has 0 saturated carbocycles. The average molecular weight is 456 g/mol. The van der Waals surface area contributed by atoms with Gasteiger partial charge in [-0.1, -0.05) is 148 Å². The molecule has 1 unspecified atom stereocenters. The van der Waals surface area contributed by atoms with Crippen LogP contribution in [0.2, 0.25) is 0 Å². The lowest BCUT2D eigenvalue weighted by atomic mass is 10.1. The molecule has 0 aliphatic carbocycles. The minimum absolute atomic E-state index is 0.699. The van der Waals surface area contributed by atoms with Gasteiger partial charge < -0.3 is 0 Å². The molecule has 0 amide bonds. The van der Waals surface area contributed by atoms with E-state index in [0.29, 0.717) is 5.92 Å². The molecule has 0 aliphatic heterocycles. The van der Waals surface area contributed by atoms with Crippen LogP contribution in [0, 0.1) is 5.92 Å². The highest BCUT2D eigenvalue weighted by molar-refractivity contribution is 9.11. The second kappa shape index (κ2) is 23.9. The fraction of sp³-hybridized carbons (Fsp3) is 0.286. The highest BCUT2D eigenvalue weighted by atomic mass is 79.9. The third-order valence-corrected chi connectivity index (χ3v) is 3.88. The molecule has 2 aromatic carbocycles. The van der Waals surface area contributed by atoms with Crippen LogP contribution in [0.25, 0.3) is 12.2 Å². The normalized spacial score (nSPS) is 10.1. The molecule has 1 heteroatoms. The molecular weight excluding hydrogens is 416 g/mol. The first-order valence-corrected chi connectivity index (χ1v) is 11.2. The minimum atomic E-state index is 0.699. The quantitative estimate of drug-likeness (QED) is 0.221. The van der Waals surface area contributed by atoms with E-state index in [4.69, 9.17) is 0 Å². The number of allylic oxidation sites excluding steroid dienone is 2. The minimum Gasteiger partial charge on any atom is -0.103 e. The van der Waals surface area contributed by atoms with Gasteiger partial charge in [0.1, 0.15) is 0 Å². The number of unbranched alkanes of at least 4 members (excludes halogenated alkanes) is 2. The average Bonchev–Trinajstić information content (AvgIpc) is 2.78. The Morgan fingerprint density at radius 1 is 0.828 bits per heavy atom. The molecular formula is C28H39Br. The summed E-state index contributed by atoms with van der Waals surface area (Å²) >= 11 is 2.91. The van der Waals surface area contributed by atoms with Crippen molar-refractivity contribution in [3.05, 3.63) is 109 Å². The molecule has 2 rings (SSSR count). The molecule has 0 nitrogen and oxygen atoms in total. The van der Waals surface area contributed by atoms with Crippen LogP contribution in [0.5, 0.6) is 0 Å². The van der Waals surface area contributed by atoms with Gasteiger partial charge in [-0.25, -0.2) is 0 Å². The maximum absolute atomic E-state index is 3.63. The lowest BCUT2D eigenvalue weighted by Gasteiger charge is -1.93. The van der Waals surface area contributed by atoms with Crippen LogP contribution in [-0.2, 0) is 0 Å². The third kappa shape index (κ3) is 22.0. The summed E-state index contributed by atoms with van der Waals surface area (Å²) in [6.45, 7) is 17.0. The SMILES string of the molecule is C(=Cc1ccccc1)c1ccccc1.C=CBr.C=CC(C)CC.C=CCCCC. The molecule has 2 aromatic rings. The summed E-state index contributed by atoms with van der Waals surface area (Å²) in [6, 6.07) is 20.6. The van der Waals surface area contributed by atoms with E-state index in [9.17, 15) is 0 Å². The molecule has 0 bridgehead atoms. The highest BCUT2D eigenvalue weighted by Gasteiger charge is 1.85. The topological polar surface area (TPSA) is 0 Å². The summed E-state index contributed by atoms with van der Waals surface area (Å²) in [4.78, 5) is 1.56. The zero-order chi connectivity index (χ0) is 22.2. The van der Waals surface area contributed by atoms with Crippen molar-refractivity contribution < 1.29 is 0 Å². The van der Waals surface area contributed by atoms with E-state index in [1.54, 1.807) is 4.99 Å². The van der Waals surface area contributed by atoms with Crippen molar-refractivity contribution in [2.75, 3.05) is 0 Å². The predicted molar refractivity (Wildman–Crippen MR) is 140 cm³/mol. The predicted octanol–water partition coefficient (Wildman–Crippen LogP) is 9.96. The second-order valence-electron chi connectivity index (χ2n) is 6.36. The smallest absolute Gasteiger partial charge is 0.0256 e. The van der Waals surface area contributed by atoms with Gasteiger partial charge in [0.2, 0.25) is 0 Å². The standard InChI is InChI=1S/C14H12.2C6H12.C2H3Br/c1-3-7-13(8-4-1)11-12-14-9-5-2-6-10-14;1-4-6(3)5-2;1-3-5-6-4-2;1-2-3/h1-12H;4,6H,1,5H2,2-3H3;3H,1,4-6H2,2H3;2H,1H2. The molecule has 0 aliphatic rings. The maximum atomic E-state index is 3.63. The van der Waals surface area contributed by atoms with E-state index in [2.05, 4.69) is 92.9 Å². The zero-order valence-corrected chi connectivity index (χ0v) is 20.2. The van der Waals surface area contributed by atoms with Crippen LogP contribution in [0.1, 0.15) is 57.6 Å². The van der Waals surface area contributed by atoms with E-state index in [-0.39, 0.29) is 0 Å². The first-order valence-electron chi connectivity index (χ1n) is 10.3. The van der Waals surface area contributed by atoms with Crippen molar-refractivity contribution in [2.24, 2.45) is 5.92 Å². The Bertz CT molecular complexity index is 584. The van der Waals surface area contributed by atoms with Gasteiger partial charge in [-0.2, -0.15) is 0 Å². The van der Waals surface area contributed by atoms with Crippen LogP contribution in [0.15, 0.2) is 97.5 Å². The Labute approximate surface area is 188 Å². The van der Waals surface area contributed by atoms with Crippen LogP contribution in [0.3, 0.4) is 0 Å². The summed E-state index contributed by atoms with van der Waals surface area (Å²) in [6.07, 6.45) is 13.1. The molecule has 0 radical (unpaired) electrons. The Morgan fingerprint density at radius 2 is 1.24 bits per heavy atom. The number of halogens is 1. The van der Waals surface area contributed by atoms with Gasteiger partial charge in [0.25, 0.3) is 0 Å². The molecule has 29 heavy (non-hydrogen) atoms. The molecule has 0 heterocycles. The second-order valence-corrected chi connectivity index (χ2v) is 7.01. The van der Waals surface area contributed by atoms with E-state index < -0.39 is 0 Å². The lowest BCUT2D eigenvalue weighted by Crippen LogP contribution is -1.80. The third-order valence-electron chi connectivity index (χ3n) is 3.88. The summed E-state index contributed by atoms with van der Waals surface area (Å²) < 4.78 is 0. The van der Waals surface area contributed by atoms with Crippen molar-refractivity contribution in [1.29, 1.82) is 0 Å². The number of hydrogen-bond donors (Lipinski definition) is 0. The summed E-state index contributed by atoms with van der Waals surface area (Å²) in [5, 5.41) is 0. The van der Waals surface area contributed by atoms with Gasteiger partial charge in [-0.3, -0.25) is 0 Å². The van der Waals surface area contributed by atoms with E-state index in [1.807, 2.05) is 48.6 Å². The Morgan fingerprint density at radius 3 is 1.45 bits per heavy atom. The Hall–Kier alpha value is -2.12. The van der Waals surface area contributed by atoms with E-state index in [1.165, 1.54) is 36.8 Å². The molecule has 0 N–H and O–H groups in total. The van der Waals surface area contributed by atoms with Crippen LogP contribution >= 0.6 is 15.9 Å². The lowest BCUT2D eigenvalue weighted by molar-refractivity contribution is 0.700. The maximum Gasteiger partial charge on any atom is -0.0256 e. The van der Waals surface area contributed by atoms with Crippen LogP contribution < -0.4 is 0 Å². The van der Waals surface area contributed by atoms with Crippen molar-refractivity contribution in [2.45, 2.75) is 46.5 Å². The zero-order valence-electron chi connectivity index (χ0n) is 18.6. The van der Waals surface area contributed by atoms with Gasteiger partial charge in [0.05, 0.1) is 0 Å². The van der Waals surface area contributed by atoms with Crippen molar-refractivity contribution in [1.82, 2.24) is 0 Å². The number of hydrogen-bond acceptors (Lipinski definition) is 0. The molecule has 0 fully saturated rings. The fourth-order valence-corrected chi connectivity index (χ4v) is 1.84. The van der Waals surface area contributed by atoms with Gasteiger partial charge in [0.15, 0.2) is 0 Å². The molecule has 0 saturated heterocycles. The summed E-state index contributed by atoms with van der Waals surface area (Å²) in [5.41, 5.74) is 2.47. The summed E-state index contributed by atoms with van der Waals surface area (Å²) in [7, 11) is 0. The van der Waals surface area contributed by atoms with Crippen molar-refractivity contribution in [3.63, 3.8) is 0 Å². The Kier molecular flexibility index (Phi) is 24.0.